The number of rotatable bonds is 9. The van der Waals surface area contributed by atoms with Gasteiger partial charge in [-0.3, -0.25) is 0 Å². The van der Waals surface area contributed by atoms with E-state index in [0.717, 1.165) is 63.5 Å². The molecule has 0 saturated carbocycles. The standard InChI is InChI=1S/C19H31N3O3/c1-3-4-14-25-15-6-9-20-19(23)22-12-10-21(11-13-22)17-7-5-8-18(16-17)24-2/h5,7-8,16H,3-4,6,9-15H2,1-2H3,(H,20,23). The van der Waals surface area contributed by atoms with Gasteiger partial charge in [-0.05, 0) is 25.0 Å². The Hall–Kier alpha value is -1.95. The molecule has 6 nitrogen and oxygen atoms in total. The van der Waals surface area contributed by atoms with Crippen molar-refractivity contribution in [1.29, 1.82) is 0 Å². The molecule has 0 aliphatic carbocycles. The monoisotopic (exact) mass is 349 g/mol. The van der Waals surface area contributed by atoms with Crippen molar-refractivity contribution in [2.75, 3.05) is 57.9 Å². The number of unbranched alkanes of at least 4 members (excludes halogenated alkanes) is 1. The number of methoxy groups -OCH3 is 1. The zero-order valence-electron chi connectivity index (χ0n) is 15.5. The Morgan fingerprint density at radius 3 is 2.64 bits per heavy atom. The average Bonchev–Trinajstić information content (AvgIpc) is 2.67. The van der Waals surface area contributed by atoms with E-state index in [0.29, 0.717) is 13.2 Å². The number of urea groups is 1. The van der Waals surface area contributed by atoms with E-state index in [4.69, 9.17) is 9.47 Å². The van der Waals surface area contributed by atoms with E-state index in [-0.39, 0.29) is 6.03 Å². The van der Waals surface area contributed by atoms with Crippen molar-refractivity contribution >= 4 is 11.7 Å². The van der Waals surface area contributed by atoms with Gasteiger partial charge in [0.05, 0.1) is 7.11 Å². The van der Waals surface area contributed by atoms with Gasteiger partial charge in [0, 0.05) is 57.7 Å². The third kappa shape index (κ3) is 6.46. The molecule has 1 heterocycles. The summed E-state index contributed by atoms with van der Waals surface area (Å²) in [5.41, 5.74) is 1.14. The number of anilines is 1. The van der Waals surface area contributed by atoms with Gasteiger partial charge < -0.3 is 24.6 Å². The Kier molecular flexibility index (Phi) is 8.39. The van der Waals surface area contributed by atoms with Gasteiger partial charge in [-0.1, -0.05) is 19.4 Å². The highest BCUT2D eigenvalue weighted by Gasteiger charge is 2.21. The Morgan fingerprint density at radius 1 is 1.16 bits per heavy atom. The molecule has 1 N–H and O–H groups in total. The Labute approximate surface area is 151 Å². The molecule has 0 aromatic heterocycles. The second-order valence-electron chi connectivity index (χ2n) is 6.23. The molecule has 2 amide bonds. The molecular weight excluding hydrogens is 318 g/mol. The third-order valence-electron chi connectivity index (χ3n) is 4.37. The number of nitrogens with zero attached hydrogens (tertiary/aromatic N) is 2. The number of piperazine rings is 1. The van der Waals surface area contributed by atoms with E-state index >= 15 is 0 Å². The van der Waals surface area contributed by atoms with Crippen molar-refractivity contribution < 1.29 is 14.3 Å². The summed E-state index contributed by atoms with van der Waals surface area (Å²) in [6, 6.07) is 8.08. The number of hydrogen-bond acceptors (Lipinski definition) is 4. The number of nitrogens with one attached hydrogen (secondary N) is 1. The molecular formula is C19H31N3O3. The fourth-order valence-electron chi connectivity index (χ4n) is 2.80. The molecule has 0 unspecified atom stereocenters. The molecule has 1 aliphatic rings. The fraction of sp³-hybridized carbons (Fsp3) is 0.632. The molecule has 0 atom stereocenters. The summed E-state index contributed by atoms with van der Waals surface area (Å²) in [5, 5.41) is 2.98. The molecule has 1 aromatic carbocycles. The van der Waals surface area contributed by atoms with Gasteiger partial charge in [0.1, 0.15) is 5.75 Å². The average molecular weight is 349 g/mol. The Morgan fingerprint density at radius 2 is 1.92 bits per heavy atom. The lowest BCUT2D eigenvalue weighted by molar-refractivity contribution is 0.128. The SMILES string of the molecule is CCCCOCCCNC(=O)N1CCN(c2cccc(OC)c2)CC1. The van der Waals surface area contributed by atoms with Crippen LogP contribution in [0.2, 0.25) is 0 Å². The maximum atomic E-state index is 12.2. The van der Waals surface area contributed by atoms with E-state index < -0.39 is 0 Å². The maximum absolute atomic E-state index is 12.2. The Balaban J connectivity index is 1.64. The summed E-state index contributed by atoms with van der Waals surface area (Å²) in [6.45, 7) is 7.48. The number of carbonyl (C=O) groups excluding carboxylic acids is 1. The van der Waals surface area contributed by atoms with Crippen LogP contribution in [0, 0.1) is 0 Å². The summed E-state index contributed by atoms with van der Waals surface area (Å²) in [5.74, 6) is 0.860. The molecule has 1 aliphatic heterocycles. The van der Waals surface area contributed by atoms with Crippen molar-refractivity contribution in [1.82, 2.24) is 10.2 Å². The molecule has 1 fully saturated rings. The first kappa shape index (κ1) is 19.4. The van der Waals surface area contributed by atoms with E-state index in [2.05, 4.69) is 23.2 Å². The summed E-state index contributed by atoms with van der Waals surface area (Å²) in [6.07, 6.45) is 3.11. The maximum Gasteiger partial charge on any atom is 0.317 e. The lowest BCUT2D eigenvalue weighted by Gasteiger charge is -2.36. The van der Waals surface area contributed by atoms with E-state index in [9.17, 15) is 4.79 Å². The second kappa shape index (κ2) is 10.8. The molecule has 25 heavy (non-hydrogen) atoms. The number of ether oxygens (including phenoxy) is 2. The minimum atomic E-state index is 0.0267. The topological polar surface area (TPSA) is 54.0 Å². The molecule has 6 heteroatoms. The first-order valence-corrected chi connectivity index (χ1v) is 9.24. The summed E-state index contributed by atoms with van der Waals surface area (Å²) >= 11 is 0. The third-order valence-corrected chi connectivity index (χ3v) is 4.37. The summed E-state index contributed by atoms with van der Waals surface area (Å²) in [4.78, 5) is 16.4. The van der Waals surface area contributed by atoms with Gasteiger partial charge in [0.25, 0.3) is 0 Å². The van der Waals surface area contributed by atoms with Crippen LogP contribution in [0.25, 0.3) is 0 Å². The highest BCUT2D eigenvalue weighted by Crippen LogP contribution is 2.22. The molecule has 1 aromatic rings. The molecule has 0 bridgehead atoms. The predicted molar refractivity (Wildman–Crippen MR) is 101 cm³/mol. The first-order chi connectivity index (χ1) is 12.2. The van der Waals surface area contributed by atoms with Gasteiger partial charge in [-0.15, -0.1) is 0 Å². The lowest BCUT2D eigenvalue weighted by atomic mass is 10.2. The van der Waals surface area contributed by atoms with Gasteiger partial charge in [-0.2, -0.15) is 0 Å². The van der Waals surface area contributed by atoms with Crippen LogP contribution in [0.4, 0.5) is 10.5 Å². The zero-order chi connectivity index (χ0) is 17.9. The first-order valence-electron chi connectivity index (χ1n) is 9.24. The molecule has 140 valence electrons. The highest BCUT2D eigenvalue weighted by molar-refractivity contribution is 5.74. The number of benzene rings is 1. The van der Waals surface area contributed by atoms with Gasteiger partial charge in [0.15, 0.2) is 0 Å². The van der Waals surface area contributed by atoms with Crippen LogP contribution in [-0.2, 0) is 4.74 Å². The second-order valence-corrected chi connectivity index (χ2v) is 6.23. The minimum Gasteiger partial charge on any atom is -0.497 e. The zero-order valence-corrected chi connectivity index (χ0v) is 15.5. The summed E-state index contributed by atoms with van der Waals surface area (Å²) < 4.78 is 10.8. The van der Waals surface area contributed by atoms with Crippen LogP contribution in [0.5, 0.6) is 5.75 Å². The van der Waals surface area contributed by atoms with Crippen molar-refractivity contribution in [3.8, 4) is 5.75 Å². The van der Waals surface area contributed by atoms with Crippen LogP contribution in [0.3, 0.4) is 0 Å². The smallest absolute Gasteiger partial charge is 0.317 e. The fourth-order valence-corrected chi connectivity index (χ4v) is 2.80. The highest BCUT2D eigenvalue weighted by atomic mass is 16.5. The van der Waals surface area contributed by atoms with E-state index in [1.165, 1.54) is 0 Å². The van der Waals surface area contributed by atoms with Gasteiger partial charge in [-0.25, -0.2) is 4.79 Å². The van der Waals surface area contributed by atoms with Crippen LogP contribution < -0.4 is 15.0 Å². The van der Waals surface area contributed by atoms with Crippen LogP contribution in [-0.4, -0.2) is 64.0 Å². The van der Waals surface area contributed by atoms with Crippen LogP contribution >= 0.6 is 0 Å². The number of hydrogen-bond donors (Lipinski definition) is 1. The van der Waals surface area contributed by atoms with E-state index in [1.54, 1.807) is 7.11 Å². The van der Waals surface area contributed by atoms with E-state index in [1.807, 2.05) is 23.1 Å². The van der Waals surface area contributed by atoms with Crippen LogP contribution in [0.15, 0.2) is 24.3 Å². The largest absolute Gasteiger partial charge is 0.497 e. The lowest BCUT2D eigenvalue weighted by Crippen LogP contribution is -2.52. The molecule has 0 radical (unpaired) electrons. The normalized spacial score (nSPS) is 14.5. The van der Waals surface area contributed by atoms with Crippen molar-refractivity contribution in [3.63, 3.8) is 0 Å². The van der Waals surface area contributed by atoms with Gasteiger partial charge >= 0.3 is 6.03 Å². The van der Waals surface area contributed by atoms with Crippen molar-refractivity contribution in [2.24, 2.45) is 0 Å². The molecule has 1 saturated heterocycles. The quantitative estimate of drug-likeness (QED) is 0.697. The van der Waals surface area contributed by atoms with Gasteiger partial charge in [0.2, 0.25) is 0 Å². The number of amides is 2. The van der Waals surface area contributed by atoms with Crippen molar-refractivity contribution in [2.45, 2.75) is 26.2 Å². The number of carbonyl (C=O) groups is 1. The minimum absolute atomic E-state index is 0.0267. The van der Waals surface area contributed by atoms with Crippen LogP contribution in [0.1, 0.15) is 26.2 Å². The van der Waals surface area contributed by atoms with Crippen molar-refractivity contribution in [3.05, 3.63) is 24.3 Å². The predicted octanol–water partition coefficient (Wildman–Crippen LogP) is 2.73. The Bertz CT molecular complexity index is 516. The summed E-state index contributed by atoms with van der Waals surface area (Å²) in [7, 11) is 1.68. The molecule has 2 rings (SSSR count). The molecule has 0 spiro atoms.